The Balaban J connectivity index is 4.68. The molecule has 3 atom stereocenters. The average molecular weight is 904 g/mol. The van der Waals surface area contributed by atoms with E-state index >= 15 is 0 Å². The van der Waals surface area contributed by atoms with E-state index < -0.39 is 18.2 Å². The van der Waals surface area contributed by atoms with Crippen molar-refractivity contribution in [3.63, 3.8) is 0 Å². The second-order valence-electron chi connectivity index (χ2n) is 18.1. The summed E-state index contributed by atoms with van der Waals surface area (Å²) < 4.78 is 5.89. The summed E-state index contributed by atoms with van der Waals surface area (Å²) in [6.07, 6.45) is 69.0. The zero-order chi connectivity index (χ0) is 47.4. The molecule has 0 aromatic heterocycles. The van der Waals surface area contributed by atoms with Crippen molar-refractivity contribution in [1.29, 1.82) is 0 Å². The van der Waals surface area contributed by atoms with Gasteiger partial charge in [0.15, 0.2) is 0 Å². The first-order valence-corrected chi connectivity index (χ1v) is 27.1. The van der Waals surface area contributed by atoms with E-state index in [0.717, 1.165) is 83.5 Å². The van der Waals surface area contributed by atoms with E-state index in [9.17, 15) is 19.8 Å². The Labute approximate surface area is 401 Å². The van der Waals surface area contributed by atoms with Crippen LogP contribution in [0.1, 0.15) is 239 Å². The van der Waals surface area contributed by atoms with Crippen molar-refractivity contribution < 1.29 is 24.5 Å². The number of allylic oxidation sites excluding steroid dienone is 16. The number of aliphatic hydroxyl groups excluding tert-OH is 2. The number of amides is 1. The van der Waals surface area contributed by atoms with Crippen molar-refractivity contribution in [2.45, 2.75) is 257 Å². The molecule has 0 radical (unpaired) electrons. The molecule has 6 heteroatoms. The molecule has 3 unspecified atom stereocenters. The monoisotopic (exact) mass is 904 g/mol. The number of rotatable bonds is 47. The first kappa shape index (κ1) is 61.8. The van der Waals surface area contributed by atoms with Gasteiger partial charge in [0.2, 0.25) is 5.91 Å². The largest absolute Gasteiger partial charge is 0.462 e. The van der Waals surface area contributed by atoms with E-state index in [2.05, 4.69) is 74.7 Å². The number of unbranched alkanes of at least 4 members (excludes halogenated alkanes) is 25. The summed E-state index contributed by atoms with van der Waals surface area (Å²) in [5.41, 5.74) is 0. The molecule has 372 valence electrons. The van der Waals surface area contributed by atoms with Gasteiger partial charge in [0.1, 0.15) is 6.10 Å². The number of hydrogen-bond donors (Lipinski definition) is 3. The first-order chi connectivity index (χ1) is 32.0. The van der Waals surface area contributed by atoms with Crippen LogP contribution in [0, 0.1) is 0 Å². The number of aliphatic hydroxyl groups is 2. The van der Waals surface area contributed by atoms with Crippen molar-refractivity contribution in [2.75, 3.05) is 6.61 Å². The minimum absolute atomic E-state index is 0.0153. The molecular formula is C59H101NO5. The third-order valence-corrected chi connectivity index (χ3v) is 11.8. The standard InChI is InChI=1S/C59H101NO5/c1-4-7-10-13-16-19-22-25-27-28-29-31-34-37-40-43-46-49-52-59(64)65-55(50-47-44-41-38-35-32-24-21-18-15-12-9-6-3)53-58(63)60-56(54-61)57(62)51-48-45-42-39-36-33-30-26-23-20-17-14-11-8-5-2/h9,12,15,18,21-22,24-25,27-29,31-32,35,38,41,55-57,61-62H,4-8,10-11,13-14,16-17,19-20,23,26,30,33-34,36-37,39-40,42-54H2,1-3H3,(H,60,63)/b12-9+,18-15+,24-21-,25-22+,28-27+,31-29+,35-32-,41-38+. The molecule has 0 spiro atoms. The maximum Gasteiger partial charge on any atom is 0.306 e. The van der Waals surface area contributed by atoms with Crippen molar-refractivity contribution in [3.8, 4) is 0 Å². The number of hydrogen-bond acceptors (Lipinski definition) is 5. The molecule has 65 heavy (non-hydrogen) atoms. The highest BCUT2D eigenvalue weighted by atomic mass is 16.5. The Morgan fingerprint density at radius 2 is 0.846 bits per heavy atom. The third kappa shape index (κ3) is 47.1. The Hall–Kier alpha value is -3.22. The quantitative estimate of drug-likeness (QED) is 0.0321. The summed E-state index contributed by atoms with van der Waals surface area (Å²) in [6, 6.07) is -0.735. The molecule has 1 amide bonds. The van der Waals surface area contributed by atoms with E-state index in [1.54, 1.807) is 0 Å². The van der Waals surface area contributed by atoms with Gasteiger partial charge < -0.3 is 20.3 Å². The van der Waals surface area contributed by atoms with Crippen molar-refractivity contribution in [1.82, 2.24) is 5.32 Å². The lowest BCUT2D eigenvalue weighted by Crippen LogP contribution is -2.46. The number of nitrogens with one attached hydrogen (secondary N) is 1. The van der Waals surface area contributed by atoms with Crippen LogP contribution in [0.4, 0.5) is 0 Å². The van der Waals surface area contributed by atoms with Gasteiger partial charge in [0.25, 0.3) is 0 Å². The summed E-state index contributed by atoms with van der Waals surface area (Å²) in [4.78, 5) is 26.2. The lowest BCUT2D eigenvalue weighted by atomic mass is 10.0. The Morgan fingerprint density at radius 1 is 0.462 bits per heavy atom. The zero-order valence-corrected chi connectivity index (χ0v) is 42.3. The maximum absolute atomic E-state index is 13.2. The highest BCUT2D eigenvalue weighted by molar-refractivity contribution is 5.77. The highest BCUT2D eigenvalue weighted by Gasteiger charge is 2.24. The van der Waals surface area contributed by atoms with Crippen LogP contribution in [-0.2, 0) is 14.3 Å². The maximum atomic E-state index is 13.2. The Kier molecular flexibility index (Phi) is 49.2. The summed E-state index contributed by atoms with van der Waals surface area (Å²) in [5, 5.41) is 23.8. The molecule has 3 N–H and O–H groups in total. The van der Waals surface area contributed by atoms with Crippen LogP contribution in [0.25, 0.3) is 0 Å². The molecule has 0 rings (SSSR count). The van der Waals surface area contributed by atoms with Crippen LogP contribution >= 0.6 is 0 Å². The van der Waals surface area contributed by atoms with E-state index in [1.165, 1.54) is 109 Å². The number of carbonyl (C=O) groups is 2. The molecule has 0 bridgehead atoms. The van der Waals surface area contributed by atoms with Gasteiger partial charge in [-0.05, 0) is 64.2 Å². The fourth-order valence-electron chi connectivity index (χ4n) is 7.75. The molecular weight excluding hydrogens is 803 g/mol. The molecule has 0 aromatic rings. The van der Waals surface area contributed by atoms with Gasteiger partial charge in [0, 0.05) is 6.42 Å². The fourth-order valence-corrected chi connectivity index (χ4v) is 7.75. The molecule has 6 nitrogen and oxygen atoms in total. The minimum atomic E-state index is -0.816. The highest BCUT2D eigenvalue weighted by Crippen LogP contribution is 2.17. The van der Waals surface area contributed by atoms with Gasteiger partial charge in [-0.3, -0.25) is 9.59 Å². The zero-order valence-electron chi connectivity index (χ0n) is 42.3. The van der Waals surface area contributed by atoms with Gasteiger partial charge in [-0.1, -0.05) is 259 Å². The molecule has 0 aliphatic carbocycles. The molecule has 0 heterocycles. The van der Waals surface area contributed by atoms with Crippen molar-refractivity contribution in [2.24, 2.45) is 0 Å². The fraction of sp³-hybridized carbons (Fsp3) is 0.695. The van der Waals surface area contributed by atoms with E-state index in [4.69, 9.17) is 4.74 Å². The van der Waals surface area contributed by atoms with Gasteiger partial charge in [-0.25, -0.2) is 0 Å². The van der Waals surface area contributed by atoms with Crippen LogP contribution in [0.2, 0.25) is 0 Å². The normalized spacial score (nSPS) is 14.0. The minimum Gasteiger partial charge on any atom is -0.462 e. The van der Waals surface area contributed by atoms with Crippen LogP contribution in [0.15, 0.2) is 97.2 Å². The van der Waals surface area contributed by atoms with E-state index in [-0.39, 0.29) is 24.9 Å². The topological polar surface area (TPSA) is 95.9 Å². The van der Waals surface area contributed by atoms with E-state index in [1.807, 2.05) is 48.6 Å². The van der Waals surface area contributed by atoms with Crippen LogP contribution in [0.3, 0.4) is 0 Å². The summed E-state index contributed by atoms with van der Waals surface area (Å²) in [7, 11) is 0. The van der Waals surface area contributed by atoms with Crippen molar-refractivity contribution in [3.05, 3.63) is 97.2 Å². The predicted octanol–water partition coefficient (Wildman–Crippen LogP) is 16.5. The first-order valence-electron chi connectivity index (χ1n) is 27.1. The van der Waals surface area contributed by atoms with E-state index in [0.29, 0.717) is 19.3 Å². The molecule has 0 saturated heterocycles. The van der Waals surface area contributed by atoms with Gasteiger partial charge >= 0.3 is 5.97 Å². The van der Waals surface area contributed by atoms with Gasteiger partial charge in [-0.2, -0.15) is 0 Å². The second kappa shape index (κ2) is 51.8. The lowest BCUT2D eigenvalue weighted by molar-refractivity contribution is -0.151. The van der Waals surface area contributed by atoms with Gasteiger partial charge in [0.05, 0.1) is 25.2 Å². The molecule has 0 aliphatic heterocycles. The Morgan fingerprint density at radius 3 is 1.29 bits per heavy atom. The number of ether oxygens (including phenoxy) is 1. The SMILES string of the molecule is CC/C=C/C=C/C=C\C=C/C=C/CCCC(CC(=O)NC(CO)C(O)CCCCCCCCCCCCCCCCC)OC(=O)CCCCCCC/C=C/C=C/C=C/CCCCCCC. The summed E-state index contributed by atoms with van der Waals surface area (Å²) in [6.45, 7) is 6.30. The smallest absolute Gasteiger partial charge is 0.306 e. The summed E-state index contributed by atoms with van der Waals surface area (Å²) in [5.74, 6) is -0.574. The molecule has 0 fully saturated rings. The number of esters is 1. The second-order valence-corrected chi connectivity index (χ2v) is 18.1. The Bertz CT molecular complexity index is 1290. The molecule has 0 aromatic carbocycles. The predicted molar refractivity (Wildman–Crippen MR) is 282 cm³/mol. The van der Waals surface area contributed by atoms with Crippen molar-refractivity contribution >= 4 is 11.9 Å². The summed E-state index contributed by atoms with van der Waals surface area (Å²) >= 11 is 0. The average Bonchev–Trinajstić information content (AvgIpc) is 3.30. The lowest BCUT2D eigenvalue weighted by Gasteiger charge is -2.24. The van der Waals surface area contributed by atoms with Crippen LogP contribution < -0.4 is 5.32 Å². The van der Waals surface area contributed by atoms with Crippen LogP contribution in [-0.4, -0.2) is 46.9 Å². The van der Waals surface area contributed by atoms with Crippen LogP contribution in [0.5, 0.6) is 0 Å². The molecule has 0 saturated carbocycles. The molecule has 0 aliphatic rings. The third-order valence-electron chi connectivity index (χ3n) is 11.8. The number of carbonyl (C=O) groups excluding carboxylic acids is 2. The van der Waals surface area contributed by atoms with Gasteiger partial charge in [-0.15, -0.1) is 0 Å².